The fourth-order valence-corrected chi connectivity index (χ4v) is 1.35. The summed E-state index contributed by atoms with van der Waals surface area (Å²) in [6, 6.07) is 2.15. The Labute approximate surface area is 86.9 Å². The van der Waals surface area contributed by atoms with Crippen molar-refractivity contribution in [2.24, 2.45) is 0 Å². The lowest BCUT2D eigenvalue weighted by molar-refractivity contribution is 0.270. The smallest absolute Gasteiger partial charge is 0.133 e. The van der Waals surface area contributed by atoms with Crippen LogP contribution in [0.1, 0.15) is 25.3 Å². The molecule has 0 spiro atoms. The first kappa shape index (κ1) is 11.9. The Bertz CT molecular complexity index is 314. The molecule has 0 fully saturated rings. The van der Waals surface area contributed by atoms with Crippen molar-refractivity contribution < 1.29 is 17.9 Å². The van der Waals surface area contributed by atoms with Gasteiger partial charge in [0.05, 0.1) is 0 Å². The maximum atomic E-state index is 13.4. The van der Waals surface area contributed by atoms with Crippen molar-refractivity contribution in [3.8, 4) is 5.75 Å². The van der Waals surface area contributed by atoms with Crippen LogP contribution in [0, 0.1) is 11.6 Å². The van der Waals surface area contributed by atoms with Gasteiger partial charge in [-0.1, -0.05) is 13.8 Å². The molecule has 15 heavy (non-hydrogen) atoms. The molecular weight excluding hydrogens is 205 g/mol. The van der Waals surface area contributed by atoms with Crippen molar-refractivity contribution in [2.45, 2.75) is 19.8 Å². The molecule has 1 nitrogen and oxygen atoms in total. The third kappa shape index (κ3) is 2.88. The predicted molar refractivity (Wildman–Crippen MR) is 51.9 cm³/mol. The highest BCUT2D eigenvalue weighted by Gasteiger charge is 2.14. The fraction of sp³-hybridized carbons (Fsp3) is 0.455. The van der Waals surface area contributed by atoms with Gasteiger partial charge in [-0.2, -0.15) is 0 Å². The normalized spacial score (nSPS) is 10.8. The van der Waals surface area contributed by atoms with Crippen molar-refractivity contribution in [3.63, 3.8) is 0 Å². The zero-order valence-electron chi connectivity index (χ0n) is 8.69. The summed E-state index contributed by atoms with van der Waals surface area (Å²) in [5.74, 6) is -1.52. The molecule has 0 radical (unpaired) electrons. The summed E-state index contributed by atoms with van der Waals surface area (Å²) >= 11 is 0. The summed E-state index contributed by atoms with van der Waals surface area (Å²) in [5.41, 5.74) is 0.0302. The van der Waals surface area contributed by atoms with Gasteiger partial charge in [-0.3, -0.25) is 0 Å². The third-order valence-corrected chi connectivity index (χ3v) is 1.98. The van der Waals surface area contributed by atoms with Crippen LogP contribution in [0.4, 0.5) is 13.2 Å². The lowest BCUT2D eigenvalue weighted by Gasteiger charge is -2.11. The second-order valence-corrected chi connectivity index (χ2v) is 3.49. The maximum Gasteiger partial charge on any atom is 0.133 e. The molecule has 0 aliphatic heterocycles. The Morgan fingerprint density at radius 3 is 2.13 bits per heavy atom. The number of halogens is 3. The number of hydrogen-bond donors (Lipinski definition) is 0. The Morgan fingerprint density at radius 1 is 1.20 bits per heavy atom. The highest BCUT2D eigenvalue weighted by Crippen LogP contribution is 2.26. The quantitative estimate of drug-likeness (QED) is 0.752. The Balaban J connectivity index is 2.97. The highest BCUT2D eigenvalue weighted by atomic mass is 19.1. The predicted octanol–water partition coefficient (Wildman–Crippen LogP) is 3.44. The second kappa shape index (κ2) is 5.05. The molecule has 0 heterocycles. The van der Waals surface area contributed by atoms with Gasteiger partial charge >= 0.3 is 0 Å². The van der Waals surface area contributed by atoms with Crippen molar-refractivity contribution in [1.29, 1.82) is 0 Å². The van der Waals surface area contributed by atoms with Crippen LogP contribution in [0.3, 0.4) is 0 Å². The molecular formula is C11H13F3O. The summed E-state index contributed by atoms with van der Waals surface area (Å²) in [6.07, 6.45) is 0. The summed E-state index contributed by atoms with van der Waals surface area (Å²) in [4.78, 5) is 0. The highest BCUT2D eigenvalue weighted by molar-refractivity contribution is 5.32. The van der Waals surface area contributed by atoms with Crippen molar-refractivity contribution >= 4 is 0 Å². The largest absolute Gasteiger partial charge is 0.491 e. The molecule has 1 aromatic carbocycles. The molecule has 0 amide bonds. The summed E-state index contributed by atoms with van der Waals surface area (Å²) in [6.45, 7) is 2.52. The van der Waals surface area contributed by atoms with E-state index in [0.717, 1.165) is 12.1 Å². The molecule has 0 unspecified atom stereocenters. The molecule has 0 atom stereocenters. The zero-order valence-corrected chi connectivity index (χ0v) is 8.69. The Hall–Kier alpha value is -1.19. The van der Waals surface area contributed by atoms with Crippen molar-refractivity contribution in [2.75, 3.05) is 13.3 Å². The molecule has 0 N–H and O–H groups in total. The molecule has 0 saturated carbocycles. The molecule has 84 valence electrons. The number of rotatable bonds is 4. The Morgan fingerprint density at radius 2 is 1.73 bits per heavy atom. The van der Waals surface area contributed by atoms with E-state index in [9.17, 15) is 13.2 Å². The van der Waals surface area contributed by atoms with Crippen LogP contribution in [0.2, 0.25) is 0 Å². The lowest BCUT2D eigenvalue weighted by Crippen LogP contribution is -2.03. The van der Waals surface area contributed by atoms with Gasteiger partial charge < -0.3 is 4.74 Å². The molecule has 4 heteroatoms. The van der Waals surface area contributed by atoms with Gasteiger partial charge in [-0.15, -0.1) is 0 Å². The van der Waals surface area contributed by atoms with Gasteiger partial charge in [0.1, 0.15) is 30.7 Å². The molecule has 0 aliphatic rings. The van der Waals surface area contributed by atoms with E-state index in [2.05, 4.69) is 0 Å². The van der Waals surface area contributed by atoms with E-state index in [1.165, 1.54) is 0 Å². The second-order valence-electron chi connectivity index (χ2n) is 3.49. The van der Waals surface area contributed by atoms with Crippen LogP contribution in [0.15, 0.2) is 12.1 Å². The fourth-order valence-electron chi connectivity index (χ4n) is 1.35. The number of alkyl halides is 1. The summed E-state index contributed by atoms with van der Waals surface area (Å²) in [7, 11) is 0. The Kier molecular flexibility index (Phi) is 4.00. The van der Waals surface area contributed by atoms with Crippen LogP contribution in [-0.2, 0) is 0 Å². The molecule has 1 aromatic rings. The van der Waals surface area contributed by atoms with Gasteiger partial charge in [0.15, 0.2) is 0 Å². The van der Waals surface area contributed by atoms with Gasteiger partial charge in [-0.25, -0.2) is 13.2 Å². The molecule has 0 bridgehead atoms. The van der Waals surface area contributed by atoms with Crippen molar-refractivity contribution in [3.05, 3.63) is 29.3 Å². The van der Waals surface area contributed by atoms with Crippen LogP contribution < -0.4 is 4.74 Å². The number of hydrogen-bond acceptors (Lipinski definition) is 1. The zero-order chi connectivity index (χ0) is 11.4. The monoisotopic (exact) mass is 218 g/mol. The molecule has 0 saturated heterocycles. The number of benzene rings is 1. The van der Waals surface area contributed by atoms with E-state index in [1.807, 2.05) is 0 Å². The first-order valence-electron chi connectivity index (χ1n) is 4.74. The average Bonchev–Trinajstić information content (AvgIpc) is 2.12. The molecule has 1 rings (SSSR count). The van der Waals surface area contributed by atoms with E-state index in [-0.39, 0.29) is 23.8 Å². The number of ether oxygens (including phenoxy) is 1. The average molecular weight is 218 g/mol. The van der Waals surface area contributed by atoms with Gasteiger partial charge in [0.25, 0.3) is 0 Å². The van der Waals surface area contributed by atoms with E-state index in [0.29, 0.717) is 0 Å². The summed E-state index contributed by atoms with van der Waals surface area (Å²) in [5, 5.41) is 0. The standard InChI is InChI=1S/C11H13F3O/c1-7(2)11-9(13)5-8(6-10(11)14)15-4-3-12/h5-7H,3-4H2,1-2H3. The van der Waals surface area contributed by atoms with Gasteiger partial charge in [-0.05, 0) is 5.92 Å². The maximum absolute atomic E-state index is 13.4. The van der Waals surface area contributed by atoms with E-state index in [4.69, 9.17) is 4.74 Å². The van der Waals surface area contributed by atoms with Gasteiger partial charge in [0.2, 0.25) is 0 Å². The van der Waals surface area contributed by atoms with Crippen LogP contribution in [0.25, 0.3) is 0 Å². The van der Waals surface area contributed by atoms with Crippen LogP contribution in [0.5, 0.6) is 5.75 Å². The van der Waals surface area contributed by atoms with Crippen LogP contribution in [-0.4, -0.2) is 13.3 Å². The van der Waals surface area contributed by atoms with Crippen molar-refractivity contribution in [1.82, 2.24) is 0 Å². The SMILES string of the molecule is CC(C)c1c(F)cc(OCCF)cc1F. The van der Waals surface area contributed by atoms with E-state index in [1.54, 1.807) is 13.8 Å². The third-order valence-electron chi connectivity index (χ3n) is 1.98. The van der Waals surface area contributed by atoms with Gasteiger partial charge in [0, 0.05) is 17.7 Å². The topological polar surface area (TPSA) is 9.23 Å². The first-order valence-corrected chi connectivity index (χ1v) is 4.74. The van der Waals surface area contributed by atoms with E-state index >= 15 is 0 Å². The first-order chi connectivity index (χ1) is 7.06. The molecule has 0 aromatic heterocycles. The minimum Gasteiger partial charge on any atom is -0.491 e. The molecule has 0 aliphatic carbocycles. The minimum absolute atomic E-state index is 0.0204. The minimum atomic E-state index is -0.685. The summed E-state index contributed by atoms with van der Waals surface area (Å²) < 4.78 is 43.3. The lowest BCUT2D eigenvalue weighted by atomic mass is 10.0. The van der Waals surface area contributed by atoms with E-state index < -0.39 is 18.3 Å². The van der Waals surface area contributed by atoms with Crippen LogP contribution >= 0.6 is 0 Å².